The summed E-state index contributed by atoms with van der Waals surface area (Å²) >= 11 is 1.43. The highest BCUT2D eigenvalue weighted by atomic mass is 32.2. The molecule has 1 amide bonds. The zero-order valence-electron chi connectivity index (χ0n) is 16.3. The van der Waals surface area contributed by atoms with Gasteiger partial charge in [0.2, 0.25) is 5.91 Å². The Kier molecular flexibility index (Phi) is 5.97. The molecule has 3 aromatic rings. The Hall–Kier alpha value is -2.64. The van der Waals surface area contributed by atoms with E-state index in [1.165, 1.54) is 11.8 Å². The normalized spacial score (nSPS) is 14.1. The quantitative estimate of drug-likeness (QED) is 0.418. The number of hydrogen-bond donors (Lipinski definition) is 0. The monoisotopic (exact) mass is 409 g/mol. The van der Waals surface area contributed by atoms with Crippen LogP contribution in [0.15, 0.2) is 53.7 Å². The van der Waals surface area contributed by atoms with E-state index >= 15 is 0 Å². The summed E-state index contributed by atoms with van der Waals surface area (Å²) in [6.45, 7) is 1.97. The van der Waals surface area contributed by atoms with Crippen molar-refractivity contribution in [3.63, 3.8) is 0 Å². The molecule has 7 heteroatoms. The lowest BCUT2D eigenvalue weighted by atomic mass is 10.1. The molecule has 1 aliphatic heterocycles. The van der Waals surface area contributed by atoms with Crippen LogP contribution in [0.5, 0.6) is 0 Å². The molecule has 0 atom stereocenters. The van der Waals surface area contributed by atoms with Gasteiger partial charge in [-0.15, -0.1) is 0 Å². The lowest BCUT2D eigenvalue weighted by Gasteiger charge is -2.16. The summed E-state index contributed by atoms with van der Waals surface area (Å²) in [5.41, 5.74) is 3.37. The Morgan fingerprint density at radius 3 is 2.86 bits per heavy atom. The van der Waals surface area contributed by atoms with Crippen LogP contribution in [0.25, 0.3) is 11.0 Å². The second kappa shape index (κ2) is 8.80. The van der Waals surface area contributed by atoms with E-state index in [0.29, 0.717) is 25.1 Å². The van der Waals surface area contributed by atoms with Crippen LogP contribution >= 0.6 is 11.8 Å². The standard InChI is InChI=1S/C22H23N3O3S/c1-28-13-12-25-19-9-3-2-8-18(19)23-22(25)29-15-20(26)16-6-4-7-17(14-16)24-11-5-10-21(24)27/h2-4,6-9,14H,5,10-13,15H2,1H3. The van der Waals surface area contributed by atoms with Crippen LogP contribution in [-0.2, 0) is 16.1 Å². The molecule has 0 unspecified atom stereocenters. The van der Waals surface area contributed by atoms with Gasteiger partial charge in [0.15, 0.2) is 10.9 Å². The van der Waals surface area contributed by atoms with Crippen LogP contribution < -0.4 is 4.90 Å². The topological polar surface area (TPSA) is 64.4 Å². The Bertz CT molecular complexity index is 1050. The van der Waals surface area contributed by atoms with Gasteiger partial charge in [0, 0.05) is 37.9 Å². The number of thioether (sulfide) groups is 1. The molecule has 0 bridgehead atoms. The predicted molar refractivity (Wildman–Crippen MR) is 115 cm³/mol. The number of Topliss-reactive ketones (excluding diaryl/α,β-unsaturated/α-hetero) is 1. The third-order valence-electron chi connectivity index (χ3n) is 5.02. The van der Waals surface area contributed by atoms with Crippen molar-refractivity contribution in [2.75, 3.05) is 30.9 Å². The minimum atomic E-state index is 0.0221. The van der Waals surface area contributed by atoms with Crippen molar-refractivity contribution in [2.24, 2.45) is 0 Å². The Morgan fingerprint density at radius 1 is 1.21 bits per heavy atom. The van der Waals surface area contributed by atoms with Crippen LogP contribution in [0.4, 0.5) is 5.69 Å². The number of nitrogens with zero attached hydrogens (tertiary/aromatic N) is 3. The maximum Gasteiger partial charge on any atom is 0.227 e. The van der Waals surface area contributed by atoms with E-state index in [1.807, 2.05) is 42.5 Å². The maximum atomic E-state index is 12.8. The van der Waals surface area contributed by atoms with Crippen molar-refractivity contribution in [1.29, 1.82) is 0 Å². The molecule has 6 nitrogen and oxygen atoms in total. The van der Waals surface area contributed by atoms with Crippen LogP contribution in [0.3, 0.4) is 0 Å². The van der Waals surface area contributed by atoms with Crippen molar-refractivity contribution >= 4 is 40.2 Å². The summed E-state index contributed by atoms with van der Waals surface area (Å²) in [5.74, 6) is 0.429. The minimum Gasteiger partial charge on any atom is -0.383 e. The molecule has 1 saturated heterocycles. The van der Waals surface area contributed by atoms with Crippen LogP contribution in [0.2, 0.25) is 0 Å². The fourth-order valence-electron chi connectivity index (χ4n) is 3.54. The highest BCUT2D eigenvalue weighted by Crippen LogP contribution is 2.26. The number of fused-ring (bicyclic) bond motifs is 1. The second-order valence-electron chi connectivity index (χ2n) is 6.94. The molecule has 2 heterocycles. The van der Waals surface area contributed by atoms with Crippen molar-refractivity contribution in [2.45, 2.75) is 24.5 Å². The Labute approximate surface area is 173 Å². The highest BCUT2D eigenvalue weighted by molar-refractivity contribution is 7.99. The van der Waals surface area contributed by atoms with E-state index in [0.717, 1.165) is 34.8 Å². The molecule has 1 aromatic heterocycles. The molecule has 0 radical (unpaired) electrons. The molecule has 1 aliphatic rings. The van der Waals surface area contributed by atoms with E-state index in [-0.39, 0.29) is 17.4 Å². The van der Waals surface area contributed by atoms with E-state index in [2.05, 4.69) is 9.55 Å². The number of ether oxygens (including phenoxy) is 1. The second-order valence-corrected chi connectivity index (χ2v) is 7.88. The third-order valence-corrected chi connectivity index (χ3v) is 6.00. The summed E-state index contributed by atoms with van der Waals surface area (Å²) in [6.07, 6.45) is 1.44. The van der Waals surface area contributed by atoms with E-state index in [4.69, 9.17) is 4.74 Å². The van der Waals surface area contributed by atoms with Gasteiger partial charge in [0.1, 0.15) is 0 Å². The molecule has 0 aliphatic carbocycles. The van der Waals surface area contributed by atoms with Crippen molar-refractivity contribution < 1.29 is 14.3 Å². The van der Waals surface area contributed by atoms with Crippen LogP contribution in [-0.4, -0.2) is 47.3 Å². The summed E-state index contributed by atoms with van der Waals surface area (Å²) in [6, 6.07) is 15.3. The number of amides is 1. The summed E-state index contributed by atoms with van der Waals surface area (Å²) in [7, 11) is 1.67. The molecular weight excluding hydrogens is 386 g/mol. The van der Waals surface area contributed by atoms with Crippen LogP contribution in [0, 0.1) is 0 Å². The van der Waals surface area contributed by atoms with E-state index < -0.39 is 0 Å². The number of aromatic nitrogens is 2. The number of methoxy groups -OCH3 is 1. The number of anilines is 1. The number of benzene rings is 2. The van der Waals surface area contributed by atoms with Gasteiger partial charge >= 0.3 is 0 Å². The molecular formula is C22H23N3O3S. The molecule has 150 valence electrons. The number of ketones is 1. The Morgan fingerprint density at radius 2 is 2.07 bits per heavy atom. The first-order chi connectivity index (χ1) is 14.2. The minimum absolute atomic E-state index is 0.0221. The number of imidazole rings is 1. The van der Waals surface area contributed by atoms with Gasteiger partial charge in [-0.3, -0.25) is 9.59 Å². The number of para-hydroxylation sites is 2. The fraction of sp³-hybridized carbons (Fsp3) is 0.318. The SMILES string of the molecule is COCCn1c(SCC(=O)c2cccc(N3CCCC3=O)c2)nc2ccccc21. The molecule has 2 aromatic carbocycles. The smallest absolute Gasteiger partial charge is 0.227 e. The molecule has 0 spiro atoms. The number of hydrogen-bond acceptors (Lipinski definition) is 5. The van der Waals surface area contributed by atoms with Gasteiger partial charge in [0.05, 0.1) is 23.4 Å². The number of rotatable bonds is 8. The molecule has 4 rings (SSSR count). The third kappa shape index (κ3) is 4.21. The summed E-state index contributed by atoms with van der Waals surface area (Å²) in [5, 5.41) is 0.808. The Balaban J connectivity index is 1.51. The van der Waals surface area contributed by atoms with Crippen LogP contribution in [0.1, 0.15) is 23.2 Å². The summed E-state index contributed by atoms with van der Waals surface area (Å²) in [4.78, 5) is 31.3. The van der Waals surface area contributed by atoms with E-state index in [9.17, 15) is 9.59 Å². The zero-order valence-corrected chi connectivity index (χ0v) is 17.2. The van der Waals surface area contributed by atoms with Crippen molar-refractivity contribution in [3.05, 3.63) is 54.1 Å². The molecule has 29 heavy (non-hydrogen) atoms. The number of carbonyl (C=O) groups excluding carboxylic acids is 2. The van der Waals surface area contributed by atoms with Gasteiger partial charge in [0.25, 0.3) is 0 Å². The van der Waals surface area contributed by atoms with Gasteiger partial charge in [-0.05, 0) is 30.7 Å². The first-order valence-electron chi connectivity index (χ1n) is 9.68. The predicted octanol–water partition coefficient (Wildman–Crippen LogP) is 3.78. The molecule has 1 fully saturated rings. The lowest BCUT2D eigenvalue weighted by Crippen LogP contribution is -2.23. The van der Waals surface area contributed by atoms with Gasteiger partial charge in [-0.2, -0.15) is 0 Å². The average Bonchev–Trinajstić information content (AvgIpc) is 3.33. The van der Waals surface area contributed by atoms with Crippen molar-refractivity contribution in [1.82, 2.24) is 9.55 Å². The summed E-state index contributed by atoms with van der Waals surface area (Å²) < 4.78 is 7.32. The zero-order chi connectivity index (χ0) is 20.2. The highest BCUT2D eigenvalue weighted by Gasteiger charge is 2.22. The molecule has 0 saturated carbocycles. The largest absolute Gasteiger partial charge is 0.383 e. The lowest BCUT2D eigenvalue weighted by molar-refractivity contribution is -0.117. The molecule has 0 N–H and O–H groups in total. The van der Waals surface area contributed by atoms with Gasteiger partial charge < -0.3 is 14.2 Å². The fourth-order valence-corrected chi connectivity index (χ4v) is 4.48. The first-order valence-corrected chi connectivity index (χ1v) is 10.7. The van der Waals surface area contributed by atoms with E-state index in [1.54, 1.807) is 18.1 Å². The van der Waals surface area contributed by atoms with Gasteiger partial charge in [-0.25, -0.2) is 4.98 Å². The maximum absolute atomic E-state index is 12.8. The number of carbonyl (C=O) groups is 2. The van der Waals surface area contributed by atoms with Gasteiger partial charge in [-0.1, -0.05) is 36.0 Å². The average molecular weight is 410 g/mol. The van der Waals surface area contributed by atoms with Crippen molar-refractivity contribution in [3.8, 4) is 0 Å². The first kappa shape index (κ1) is 19.7.